The van der Waals surface area contributed by atoms with Crippen molar-refractivity contribution in [2.75, 3.05) is 7.11 Å². The van der Waals surface area contributed by atoms with Crippen LogP contribution >= 0.6 is 0 Å². The van der Waals surface area contributed by atoms with Crippen LogP contribution in [-0.2, 0) is 0 Å². The number of carbonyl (C=O) groups excluding carboxylic acids is 1. The topological polar surface area (TPSA) is 39.4 Å². The monoisotopic (exact) mass is 278 g/mol. The van der Waals surface area contributed by atoms with E-state index >= 15 is 0 Å². The highest BCUT2D eigenvalue weighted by Gasteiger charge is 2.14. The van der Waals surface area contributed by atoms with Crippen LogP contribution in [-0.4, -0.2) is 12.9 Å². The number of allylic oxidation sites excluding steroid dienone is 1. The maximum Gasteiger partial charge on any atom is 0.189 e. The van der Waals surface area contributed by atoms with E-state index in [0.717, 1.165) is 10.9 Å². The van der Waals surface area contributed by atoms with Crippen LogP contribution in [0.4, 0.5) is 0 Å². The van der Waals surface area contributed by atoms with Crippen molar-refractivity contribution < 1.29 is 13.9 Å². The van der Waals surface area contributed by atoms with Crippen molar-refractivity contribution in [3.63, 3.8) is 0 Å². The van der Waals surface area contributed by atoms with Gasteiger partial charge in [0.25, 0.3) is 0 Å². The molecule has 0 saturated carbocycles. The van der Waals surface area contributed by atoms with E-state index in [2.05, 4.69) is 0 Å². The van der Waals surface area contributed by atoms with Gasteiger partial charge in [0.05, 0.1) is 24.3 Å². The second-order valence-corrected chi connectivity index (χ2v) is 4.59. The van der Waals surface area contributed by atoms with Gasteiger partial charge >= 0.3 is 0 Å². The van der Waals surface area contributed by atoms with Gasteiger partial charge in [-0.15, -0.1) is 0 Å². The Morgan fingerprint density at radius 3 is 2.67 bits per heavy atom. The number of ether oxygens (including phenoxy) is 1. The Hall–Kier alpha value is -2.81. The number of ketones is 1. The average Bonchev–Trinajstić information content (AvgIpc) is 3.01. The molecule has 0 aliphatic heterocycles. The minimum Gasteiger partial charge on any atom is -0.495 e. The Bertz CT molecular complexity index is 798. The summed E-state index contributed by atoms with van der Waals surface area (Å²) in [7, 11) is 1.56. The largest absolute Gasteiger partial charge is 0.495 e. The van der Waals surface area contributed by atoms with E-state index in [1.807, 2.05) is 30.3 Å². The van der Waals surface area contributed by atoms with Crippen LogP contribution in [0.2, 0.25) is 0 Å². The van der Waals surface area contributed by atoms with Gasteiger partial charge in [0, 0.05) is 0 Å². The van der Waals surface area contributed by atoms with Crippen molar-refractivity contribution >= 4 is 22.8 Å². The van der Waals surface area contributed by atoms with Gasteiger partial charge in [-0.25, -0.2) is 0 Å². The predicted molar refractivity (Wildman–Crippen MR) is 82.6 cm³/mol. The van der Waals surface area contributed by atoms with E-state index in [0.29, 0.717) is 16.9 Å². The molecule has 0 fully saturated rings. The maximum absolute atomic E-state index is 12.4. The first-order chi connectivity index (χ1) is 10.3. The van der Waals surface area contributed by atoms with E-state index < -0.39 is 0 Å². The van der Waals surface area contributed by atoms with Gasteiger partial charge < -0.3 is 9.15 Å². The second kappa shape index (κ2) is 5.67. The molecule has 0 radical (unpaired) electrons. The molecule has 0 unspecified atom stereocenters. The molecule has 0 aliphatic carbocycles. The number of hydrogen-bond acceptors (Lipinski definition) is 3. The second-order valence-electron chi connectivity index (χ2n) is 4.59. The molecule has 3 rings (SSSR count). The molecule has 0 amide bonds. The number of furan rings is 1. The lowest BCUT2D eigenvalue weighted by Gasteiger charge is -2.06. The molecule has 2 aromatic carbocycles. The summed E-state index contributed by atoms with van der Waals surface area (Å²) in [5.41, 5.74) is 2.21. The molecule has 0 N–H and O–H groups in total. The third-order valence-electron chi connectivity index (χ3n) is 3.28. The third kappa shape index (κ3) is 2.58. The zero-order chi connectivity index (χ0) is 14.7. The highest BCUT2D eigenvalue weighted by Crippen LogP contribution is 2.31. The van der Waals surface area contributed by atoms with Crippen molar-refractivity contribution in [1.82, 2.24) is 0 Å². The summed E-state index contributed by atoms with van der Waals surface area (Å²) in [6.07, 6.45) is 4.93. The highest BCUT2D eigenvalue weighted by molar-refractivity contribution is 6.11. The Balaban J connectivity index is 1.96. The molecule has 3 nitrogen and oxygen atoms in total. The standard InChI is InChI=1S/C18H14O3/c1-20-18-14(8-10-17-15(18)11-12-21-17)16(19)9-7-13-5-3-2-4-6-13/h2-12H,1H3. The number of fused-ring (bicyclic) bond motifs is 1. The van der Waals surface area contributed by atoms with Crippen LogP contribution in [0.3, 0.4) is 0 Å². The van der Waals surface area contributed by atoms with Crippen molar-refractivity contribution in [3.8, 4) is 5.75 Å². The number of hydrogen-bond donors (Lipinski definition) is 0. The lowest BCUT2D eigenvalue weighted by molar-refractivity contribution is 0.104. The Labute approximate surface area is 122 Å². The summed E-state index contributed by atoms with van der Waals surface area (Å²) < 4.78 is 10.7. The minimum absolute atomic E-state index is 0.0983. The summed E-state index contributed by atoms with van der Waals surface area (Å²) in [5, 5.41) is 0.802. The number of benzene rings is 2. The molecule has 3 heteroatoms. The van der Waals surface area contributed by atoms with E-state index in [-0.39, 0.29) is 5.78 Å². The highest BCUT2D eigenvalue weighted by atomic mass is 16.5. The molecule has 104 valence electrons. The minimum atomic E-state index is -0.0983. The summed E-state index contributed by atoms with van der Waals surface area (Å²) in [6, 6.07) is 15.0. The maximum atomic E-state index is 12.4. The van der Waals surface area contributed by atoms with Crippen LogP contribution in [0.25, 0.3) is 17.0 Å². The van der Waals surface area contributed by atoms with Crippen LogP contribution < -0.4 is 4.74 Å². The smallest absolute Gasteiger partial charge is 0.189 e. The molecule has 0 atom stereocenters. The van der Waals surface area contributed by atoms with Gasteiger partial charge in [0.1, 0.15) is 11.3 Å². The van der Waals surface area contributed by atoms with Crippen LogP contribution in [0.5, 0.6) is 5.75 Å². The molecular weight excluding hydrogens is 264 g/mol. The zero-order valence-electron chi connectivity index (χ0n) is 11.6. The SMILES string of the molecule is COc1c(C(=O)C=Cc2ccccc2)ccc2occc12. The zero-order valence-corrected chi connectivity index (χ0v) is 11.6. The number of rotatable bonds is 4. The Kier molecular flexibility index (Phi) is 3.56. The quantitative estimate of drug-likeness (QED) is 0.526. The van der Waals surface area contributed by atoms with Gasteiger partial charge in [-0.05, 0) is 29.8 Å². The average molecular weight is 278 g/mol. The number of methoxy groups -OCH3 is 1. The van der Waals surface area contributed by atoms with Crippen LogP contribution in [0, 0.1) is 0 Å². The van der Waals surface area contributed by atoms with Crippen molar-refractivity contribution in [2.45, 2.75) is 0 Å². The fraction of sp³-hybridized carbons (Fsp3) is 0.0556. The molecule has 0 spiro atoms. The molecular formula is C18H14O3. The Morgan fingerprint density at radius 2 is 1.90 bits per heavy atom. The fourth-order valence-corrected chi connectivity index (χ4v) is 2.26. The van der Waals surface area contributed by atoms with Gasteiger partial charge in [0.2, 0.25) is 0 Å². The van der Waals surface area contributed by atoms with Crippen molar-refractivity contribution in [3.05, 3.63) is 72.0 Å². The molecule has 1 heterocycles. The Morgan fingerprint density at radius 1 is 1.10 bits per heavy atom. The first kappa shape index (κ1) is 13.2. The van der Waals surface area contributed by atoms with Gasteiger partial charge in [-0.3, -0.25) is 4.79 Å². The normalized spacial score (nSPS) is 11.1. The third-order valence-corrected chi connectivity index (χ3v) is 3.28. The summed E-state index contributed by atoms with van der Waals surface area (Å²) >= 11 is 0. The van der Waals surface area contributed by atoms with Crippen LogP contribution in [0.1, 0.15) is 15.9 Å². The first-order valence-corrected chi connectivity index (χ1v) is 6.61. The van der Waals surface area contributed by atoms with Gasteiger partial charge in [-0.1, -0.05) is 36.4 Å². The molecule has 0 bridgehead atoms. The van der Waals surface area contributed by atoms with Crippen molar-refractivity contribution in [1.29, 1.82) is 0 Å². The van der Waals surface area contributed by atoms with Crippen LogP contribution in [0.15, 0.2) is 65.3 Å². The fourth-order valence-electron chi connectivity index (χ4n) is 2.26. The lowest BCUT2D eigenvalue weighted by Crippen LogP contribution is -1.99. The molecule has 0 aliphatic rings. The van der Waals surface area contributed by atoms with Gasteiger partial charge in [0.15, 0.2) is 5.78 Å². The summed E-state index contributed by atoms with van der Waals surface area (Å²) in [5.74, 6) is 0.447. The van der Waals surface area contributed by atoms with E-state index in [4.69, 9.17) is 9.15 Å². The molecule has 1 aromatic heterocycles. The summed E-state index contributed by atoms with van der Waals surface area (Å²) in [4.78, 5) is 12.4. The van der Waals surface area contributed by atoms with E-state index in [1.54, 1.807) is 43.7 Å². The lowest BCUT2D eigenvalue weighted by atomic mass is 10.1. The predicted octanol–water partition coefficient (Wildman–Crippen LogP) is 4.34. The van der Waals surface area contributed by atoms with E-state index in [1.165, 1.54) is 0 Å². The molecule has 0 saturated heterocycles. The first-order valence-electron chi connectivity index (χ1n) is 6.61. The number of carbonyl (C=O) groups is 1. The van der Waals surface area contributed by atoms with Gasteiger partial charge in [-0.2, -0.15) is 0 Å². The van der Waals surface area contributed by atoms with E-state index in [9.17, 15) is 4.79 Å². The molecule has 3 aromatic rings. The molecule has 21 heavy (non-hydrogen) atoms. The van der Waals surface area contributed by atoms with Crippen molar-refractivity contribution in [2.24, 2.45) is 0 Å². The summed E-state index contributed by atoms with van der Waals surface area (Å²) in [6.45, 7) is 0.